The maximum atomic E-state index is 12.9. The molecule has 9 heteroatoms. The van der Waals surface area contributed by atoms with E-state index in [9.17, 15) is 14.4 Å². The van der Waals surface area contributed by atoms with Gasteiger partial charge in [0.25, 0.3) is 0 Å². The number of esters is 1. The van der Waals surface area contributed by atoms with Gasteiger partial charge in [-0.05, 0) is 54.9 Å². The van der Waals surface area contributed by atoms with Crippen LogP contribution in [0.25, 0.3) is 0 Å². The Morgan fingerprint density at radius 3 is 1.97 bits per heavy atom. The second kappa shape index (κ2) is 14.4. The monoisotopic (exact) mass is 475 g/mol. The van der Waals surface area contributed by atoms with E-state index in [2.05, 4.69) is 6.92 Å². The fraction of sp³-hybridized carbons (Fsp3) is 0.875. The average molecular weight is 476 g/mol. The summed E-state index contributed by atoms with van der Waals surface area (Å²) in [6.45, 7) is 18.3. The number of amides is 2. The number of carbonyl (C=O) groups excluding carboxylic acids is 3. The lowest BCUT2D eigenvalue weighted by Crippen LogP contribution is -2.54. The number of ether oxygens (including phenoxy) is 5. The Bertz CT molecular complexity index is 581. The molecule has 0 aromatic carbocycles. The molecule has 0 N–H and O–H groups in total. The molecular weight excluding hydrogens is 430 g/mol. The van der Waals surface area contributed by atoms with E-state index < -0.39 is 41.5 Å². The number of hydrogen-bond acceptors (Lipinski definition) is 8. The predicted molar refractivity (Wildman–Crippen MR) is 125 cm³/mol. The number of hydrogen-bond donors (Lipinski definition) is 0. The van der Waals surface area contributed by atoms with Crippen LogP contribution in [0, 0.1) is 0 Å². The van der Waals surface area contributed by atoms with Crippen molar-refractivity contribution in [3.63, 3.8) is 0 Å². The van der Waals surface area contributed by atoms with Crippen molar-refractivity contribution in [3.8, 4) is 0 Å². The molecule has 3 atom stereocenters. The second-order valence-corrected chi connectivity index (χ2v) is 9.71. The minimum atomic E-state index is -1.35. The van der Waals surface area contributed by atoms with Crippen LogP contribution in [0.4, 0.5) is 9.59 Å². The van der Waals surface area contributed by atoms with Gasteiger partial charge in [0.1, 0.15) is 17.3 Å². The first-order valence-corrected chi connectivity index (χ1v) is 11.9. The summed E-state index contributed by atoms with van der Waals surface area (Å²) in [7, 11) is 0. The maximum Gasteiger partial charge on any atom is 0.420 e. The molecule has 0 aromatic rings. The van der Waals surface area contributed by atoms with Gasteiger partial charge in [-0.3, -0.25) is 0 Å². The van der Waals surface area contributed by atoms with Gasteiger partial charge in [-0.1, -0.05) is 27.2 Å². The molecule has 2 unspecified atom stereocenters. The fourth-order valence-electron chi connectivity index (χ4n) is 2.78. The summed E-state index contributed by atoms with van der Waals surface area (Å²) in [5, 5.41) is 0. The summed E-state index contributed by atoms with van der Waals surface area (Å²) in [6.07, 6.45) is -0.391. The standard InChI is InChI=1S/C22H39NO8.C2H6/c1-9-10-11-28-16-12-15(2)29-18(24)17(14-27-13-16)23(19(25)30-21(3,4)5)20(26)31-22(6,7)8;1-2/h15-17H,9-14H2,1-8H3;1-2H3/t15?,16?,17-;/m0./s1. The molecule has 0 saturated carbocycles. The lowest BCUT2D eigenvalue weighted by Gasteiger charge is -2.32. The summed E-state index contributed by atoms with van der Waals surface area (Å²) in [5.41, 5.74) is -1.77. The van der Waals surface area contributed by atoms with E-state index >= 15 is 0 Å². The fourth-order valence-corrected chi connectivity index (χ4v) is 2.78. The number of cyclic esters (lactones) is 1. The Labute approximate surface area is 199 Å². The Morgan fingerprint density at radius 2 is 1.52 bits per heavy atom. The van der Waals surface area contributed by atoms with Crippen molar-refractivity contribution in [1.82, 2.24) is 4.90 Å². The molecular formula is C24H45NO8. The maximum absolute atomic E-state index is 12.9. The van der Waals surface area contributed by atoms with Gasteiger partial charge >= 0.3 is 18.2 Å². The van der Waals surface area contributed by atoms with Gasteiger partial charge in [0.15, 0.2) is 6.04 Å². The molecule has 0 radical (unpaired) electrons. The second-order valence-electron chi connectivity index (χ2n) is 9.71. The first-order chi connectivity index (χ1) is 15.2. The van der Waals surface area contributed by atoms with Gasteiger partial charge in [0.2, 0.25) is 0 Å². The van der Waals surface area contributed by atoms with Gasteiger partial charge < -0.3 is 23.7 Å². The zero-order valence-corrected chi connectivity index (χ0v) is 22.2. The molecule has 0 spiro atoms. The van der Waals surface area contributed by atoms with Crippen molar-refractivity contribution in [3.05, 3.63) is 0 Å². The SMILES string of the molecule is CC.CCCCOC1COC[C@H](N(C(=O)OC(C)(C)C)C(=O)OC(C)(C)C)C(=O)OC(C)C1. The van der Waals surface area contributed by atoms with Crippen molar-refractivity contribution in [2.24, 2.45) is 0 Å². The van der Waals surface area contributed by atoms with Crippen molar-refractivity contribution in [2.75, 3.05) is 19.8 Å². The van der Waals surface area contributed by atoms with Crippen LogP contribution in [0.1, 0.15) is 88.5 Å². The van der Waals surface area contributed by atoms with Crippen molar-refractivity contribution in [2.45, 2.75) is 118 Å². The Hall–Kier alpha value is -1.87. The minimum absolute atomic E-state index is 0.206. The molecule has 2 amide bonds. The molecule has 1 fully saturated rings. The molecule has 1 saturated heterocycles. The van der Waals surface area contributed by atoms with Crippen LogP contribution in [0.15, 0.2) is 0 Å². The predicted octanol–water partition coefficient (Wildman–Crippen LogP) is 5.09. The summed E-state index contributed by atoms with van der Waals surface area (Å²) in [5.74, 6) is -0.765. The molecule has 194 valence electrons. The largest absolute Gasteiger partial charge is 0.461 e. The summed E-state index contributed by atoms with van der Waals surface area (Å²) in [6, 6.07) is -1.35. The third-order valence-electron chi connectivity index (χ3n) is 4.11. The van der Waals surface area contributed by atoms with Gasteiger partial charge in [0, 0.05) is 13.0 Å². The topological polar surface area (TPSA) is 101 Å². The smallest absolute Gasteiger partial charge is 0.420 e. The van der Waals surface area contributed by atoms with E-state index in [4.69, 9.17) is 23.7 Å². The van der Waals surface area contributed by atoms with Crippen LogP contribution < -0.4 is 0 Å². The molecule has 1 heterocycles. The van der Waals surface area contributed by atoms with Gasteiger partial charge in [-0.2, -0.15) is 4.90 Å². The number of carbonyl (C=O) groups is 3. The lowest BCUT2D eigenvalue weighted by atomic mass is 10.2. The Balaban J connectivity index is 0.00000497. The van der Waals surface area contributed by atoms with E-state index in [-0.39, 0.29) is 19.3 Å². The van der Waals surface area contributed by atoms with Crippen LogP contribution in [-0.4, -0.2) is 72.3 Å². The van der Waals surface area contributed by atoms with Crippen LogP contribution >= 0.6 is 0 Å². The van der Waals surface area contributed by atoms with Crippen LogP contribution in [0.2, 0.25) is 0 Å². The number of nitrogens with zero attached hydrogens (tertiary/aromatic N) is 1. The van der Waals surface area contributed by atoms with Gasteiger partial charge in [-0.25, -0.2) is 14.4 Å². The lowest BCUT2D eigenvalue weighted by molar-refractivity contribution is -0.156. The zero-order valence-electron chi connectivity index (χ0n) is 22.2. The van der Waals surface area contributed by atoms with Crippen molar-refractivity contribution < 1.29 is 38.1 Å². The molecule has 0 aromatic heterocycles. The number of unbranched alkanes of at least 4 members (excludes halogenated alkanes) is 1. The Kier molecular flexibility index (Phi) is 13.6. The van der Waals surface area contributed by atoms with E-state index in [1.165, 1.54) is 0 Å². The highest BCUT2D eigenvalue weighted by Gasteiger charge is 2.42. The summed E-state index contributed by atoms with van der Waals surface area (Å²) >= 11 is 0. The third kappa shape index (κ3) is 12.8. The number of imide groups is 1. The normalized spacial score (nSPS) is 21.9. The highest BCUT2D eigenvalue weighted by atomic mass is 16.6. The molecule has 33 heavy (non-hydrogen) atoms. The highest BCUT2D eigenvalue weighted by Crippen LogP contribution is 2.20. The zero-order chi connectivity index (χ0) is 25.8. The van der Waals surface area contributed by atoms with Gasteiger partial charge in [-0.15, -0.1) is 0 Å². The van der Waals surface area contributed by atoms with Crippen molar-refractivity contribution in [1.29, 1.82) is 0 Å². The molecule has 0 bridgehead atoms. The average Bonchev–Trinajstić information content (AvgIpc) is 2.71. The molecule has 0 aliphatic carbocycles. The van der Waals surface area contributed by atoms with Crippen LogP contribution in [0.3, 0.4) is 0 Å². The van der Waals surface area contributed by atoms with E-state index in [1.54, 1.807) is 48.5 Å². The quantitative estimate of drug-likeness (QED) is 0.308. The Morgan fingerprint density at radius 1 is 1.00 bits per heavy atom. The first-order valence-electron chi connectivity index (χ1n) is 11.9. The van der Waals surface area contributed by atoms with Gasteiger partial charge in [0.05, 0.1) is 19.3 Å². The highest BCUT2D eigenvalue weighted by molar-refractivity contribution is 5.94. The van der Waals surface area contributed by atoms with E-state index in [0.717, 1.165) is 12.8 Å². The first kappa shape index (κ1) is 31.1. The van der Waals surface area contributed by atoms with Crippen LogP contribution in [0.5, 0.6) is 0 Å². The van der Waals surface area contributed by atoms with E-state index in [1.807, 2.05) is 13.8 Å². The molecule has 9 nitrogen and oxygen atoms in total. The summed E-state index contributed by atoms with van der Waals surface area (Å²) < 4.78 is 27.7. The molecule has 1 aliphatic heterocycles. The van der Waals surface area contributed by atoms with Crippen LogP contribution in [-0.2, 0) is 28.5 Å². The summed E-state index contributed by atoms with van der Waals surface area (Å²) in [4.78, 5) is 39.2. The minimum Gasteiger partial charge on any atom is -0.461 e. The van der Waals surface area contributed by atoms with Crippen molar-refractivity contribution >= 4 is 18.2 Å². The molecule has 1 aliphatic rings. The molecule has 1 rings (SSSR count). The van der Waals surface area contributed by atoms with E-state index in [0.29, 0.717) is 17.9 Å². The third-order valence-corrected chi connectivity index (χ3v) is 4.11. The number of rotatable bonds is 5.